The van der Waals surface area contributed by atoms with Gasteiger partial charge >= 0.3 is 0 Å². The lowest BCUT2D eigenvalue weighted by Crippen LogP contribution is -2.34. The van der Waals surface area contributed by atoms with Gasteiger partial charge in [0.1, 0.15) is 5.82 Å². The molecule has 25 heavy (non-hydrogen) atoms. The van der Waals surface area contributed by atoms with Gasteiger partial charge in [-0.1, -0.05) is 17.7 Å². The Balaban J connectivity index is 2.19. The zero-order valence-corrected chi connectivity index (χ0v) is 14.6. The number of ketones is 1. The Morgan fingerprint density at radius 1 is 1.12 bits per heavy atom. The average Bonchev–Trinajstić information content (AvgIpc) is 2.64. The summed E-state index contributed by atoms with van der Waals surface area (Å²) >= 11 is 0. The van der Waals surface area contributed by atoms with E-state index in [1.165, 1.54) is 18.2 Å². The molecular formula is C18H17F2NO3S. The quantitative estimate of drug-likeness (QED) is 0.816. The summed E-state index contributed by atoms with van der Waals surface area (Å²) in [6.45, 7) is 2.70. The second-order valence-electron chi connectivity index (χ2n) is 6.33. The highest BCUT2D eigenvalue weighted by Crippen LogP contribution is 2.36. The predicted molar refractivity (Wildman–Crippen MR) is 90.6 cm³/mol. The molecule has 1 aliphatic rings. The van der Waals surface area contributed by atoms with Crippen molar-refractivity contribution in [3.05, 3.63) is 59.4 Å². The highest BCUT2D eigenvalue weighted by Gasteiger charge is 2.42. The number of hydrogen-bond acceptors (Lipinski definition) is 3. The molecule has 132 valence electrons. The minimum absolute atomic E-state index is 0.00616. The maximum absolute atomic E-state index is 14.7. The van der Waals surface area contributed by atoms with E-state index in [0.29, 0.717) is 0 Å². The Bertz CT molecular complexity index is 937. The standard InChI is InChI=1S/C18H17F2NO3S/c1-12-3-6-14(7-4-12)25(23,24)21-10-9-18(2,20)17(22)15-11-13(19)5-8-16(15)21/h3-8,11H,9-10H2,1-2H3. The summed E-state index contributed by atoms with van der Waals surface area (Å²) in [6, 6.07) is 9.37. The van der Waals surface area contributed by atoms with Crippen LogP contribution in [0.3, 0.4) is 0 Å². The van der Waals surface area contributed by atoms with Gasteiger partial charge in [0.05, 0.1) is 10.6 Å². The number of sulfonamides is 1. The van der Waals surface area contributed by atoms with Crippen LogP contribution in [0.1, 0.15) is 29.3 Å². The highest BCUT2D eigenvalue weighted by atomic mass is 32.2. The normalized spacial score (nSPS) is 21.0. The lowest BCUT2D eigenvalue weighted by atomic mass is 9.94. The number of hydrogen-bond donors (Lipinski definition) is 0. The van der Waals surface area contributed by atoms with Crippen LogP contribution in [0.4, 0.5) is 14.5 Å². The van der Waals surface area contributed by atoms with E-state index in [-0.39, 0.29) is 29.1 Å². The number of aryl methyl sites for hydroxylation is 1. The summed E-state index contributed by atoms with van der Waals surface area (Å²) in [5.74, 6) is -1.64. The molecule has 0 spiro atoms. The Morgan fingerprint density at radius 2 is 1.76 bits per heavy atom. The first-order chi connectivity index (χ1) is 11.6. The van der Waals surface area contributed by atoms with Crippen LogP contribution >= 0.6 is 0 Å². The lowest BCUT2D eigenvalue weighted by molar-refractivity contribution is 0.0717. The van der Waals surface area contributed by atoms with Gasteiger partial charge in [-0.2, -0.15) is 0 Å². The maximum Gasteiger partial charge on any atom is 0.264 e. The molecule has 0 fully saturated rings. The fourth-order valence-electron chi connectivity index (χ4n) is 2.82. The van der Waals surface area contributed by atoms with Gasteiger partial charge in [0, 0.05) is 18.5 Å². The largest absolute Gasteiger partial charge is 0.290 e. The van der Waals surface area contributed by atoms with Crippen molar-refractivity contribution in [2.45, 2.75) is 30.8 Å². The second kappa shape index (κ2) is 5.91. The van der Waals surface area contributed by atoms with Crippen molar-refractivity contribution < 1.29 is 22.0 Å². The number of rotatable bonds is 2. The molecule has 1 heterocycles. The Morgan fingerprint density at radius 3 is 2.40 bits per heavy atom. The van der Waals surface area contributed by atoms with E-state index in [1.54, 1.807) is 12.1 Å². The monoisotopic (exact) mass is 365 g/mol. The maximum atomic E-state index is 14.7. The van der Waals surface area contributed by atoms with Crippen molar-refractivity contribution in [3.8, 4) is 0 Å². The second-order valence-corrected chi connectivity index (χ2v) is 8.19. The van der Waals surface area contributed by atoms with Gasteiger partial charge in [0.15, 0.2) is 5.67 Å². The van der Waals surface area contributed by atoms with Gasteiger partial charge in [0.25, 0.3) is 10.0 Å². The molecule has 0 N–H and O–H groups in total. The van der Waals surface area contributed by atoms with E-state index in [9.17, 15) is 22.0 Å². The summed E-state index contributed by atoms with van der Waals surface area (Å²) in [7, 11) is -4.01. The molecular weight excluding hydrogens is 348 g/mol. The molecule has 0 saturated carbocycles. The van der Waals surface area contributed by atoms with Crippen molar-refractivity contribution >= 4 is 21.5 Å². The summed E-state index contributed by atoms with van der Waals surface area (Å²) in [5, 5.41) is 0. The SMILES string of the molecule is Cc1ccc(S(=O)(=O)N2CCC(C)(F)C(=O)c3cc(F)ccc32)cc1. The van der Waals surface area contributed by atoms with E-state index in [4.69, 9.17) is 0 Å². The third kappa shape index (κ3) is 3.04. The number of carbonyl (C=O) groups excluding carboxylic acids is 1. The van der Waals surface area contributed by atoms with Gasteiger partial charge in [0.2, 0.25) is 5.78 Å². The van der Waals surface area contributed by atoms with E-state index in [2.05, 4.69) is 0 Å². The third-order valence-electron chi connectivity index (χ3n) is 4.34. The Labute approximate surface area is 145 Å². The molecule has 3 rings (SSSR count). The predicted octanol–water partition coefficient (Wildman–Crippen LogP) is 3.64. The zero-order chi connectivity index (χ0) is 18.4. The van der Waals surface area contributed by atoms with Gasteiger partial charge in [-0.3, -0.25) is 9.10 Å². The summed E-state index contributed by atoms with van der Waals surface area (Å²) in [4.78, 5) is 12.4. The van der Waals surface area contributed by atoms with Crippen molar-refractivity contribution in [1.29, 1.82) is 0 Å². The highest BCUT2D eigenvalue weighted by molar-refractivity contribution is 7.92. The van der Waals surface area contributed by atoms with E-state index in [1.807, 2.05) is 6.92 Å². The van der Waals surface area contributed by atoms with E-state index in [0.717, 1.165) is 28.9 Å². The van der Waals surface area contributed by atoms with Gasteiger partial charge in [-0.15, -0.1) is 0 Å². The smallest absolute Gasteiger partial charge is 0.264 e. The van der Waals surface area contributed by atoms with Gasteiger partial charge in [-0.25, -0.2) is 17.2 Å². The van der Waals surface area contributed by atoms with Crippen molar-refractivity contribution in [3.63, 3.8) is 0 Å². The van der Waals surface area contributed by atoms with Crippen LogP contribution < -0.4 is 4.31 Å². The average molecular weight is 365 g/mol. The number of Topliss-reactive ketones (excluding diaryl/α,β-unsaturated/α-hetero) is 1. The van der Waals surface area contributed by atoms with Crippen molar-refractivity contribution in [2.75, 3.05) is 10.8 Å². The topological polar surface area (TPSA) is 54.5 Å². The van der Waals surface area contributed by atoms with Crippen molar-refractivity contribution in [2.24, 2.45) is 0 Å². The van der Waals surface area contributed by atoms with Gasteiger partial charge in [-0.05, 0) is 44.2 Å². The minimum Gasteiger partial charge on any atom is -0.290 e. The first-order valence-corrected chi connectivity index (χ1v) is 9.19. The molecule has 2 aromatic rings. The Kier molecular flexibility index (Phi) is 4.15. The van der Waals surface area contributed by atoms with Crippen LogP contribution in [-0.4, -0.2) is 26.4 Å². The zero-order valence-electron chi connectivity index (χ0n) is 13.8. The molecule has 0 aliphatic carbocycles. The fourth-order valence-corrected chi connectivity index (χ4v) is 4.31. The Hall–Kier alpha value is -2.28. The summed E-state index contributed by atoms with van der Waals surface area (Å²) < 4.78 is 55.3. The molecule has 0 radical (unpaired) electrons. The molecule has 0 amide bonds. The molecule has 1 unspecified atom stereocenters. The van der Waals surface area contributed by atoms with Crippen LogP contribution in [0, 0.1) is 12.7 Å². The molecule has 1 aliphatic heterocycles. The number of fused-ring (bicyclic) bond motifs is 1. The van der Waals surface area contributed by atoms with Crippen molar-refractivity contribution in [1.82, 2.24) is 0 Å². The molecule has 7 heteroatoms. The van der Waals surface area contributed by atoms with Gasteiger partial charge < -0.3 is 0 Å². The molecule has 2 aromatic carbocycles. The number of halogens is 2. The third-order valence-corrected chi connectivity index (χ3v) is 6.17. The van der Waals surface area contributed by atoms with Crippen LogP contribution in [0.5, 0.6) is 0 Å². The number of alkyl halides is 1. The fraction of sp³-hybridized carbons (Fsp3) is 0.278. The number of benzene rings is 2. The first-order valence-electron chi connectivity index (χ1n) is 7.75. The van der Waals surface area contributed by atoms with Crippen LogP contribution in [0.15, 0.2) is 47.4 Å². The number of anilines is 1. The first kappa shape index (κ1) is 17.5. The lowest BCUT2D eigenvalue weighted by Gasteiger charge is -2.24. The number of nitrogens with zero attached hydrogens (tertiary/aromatic N) is 1. The molecule has 0 bridgehead atoms. The summed E-state index contributed by atoms with van der Waals surface area (Å²) in [6.07, 6.45) is -0.312. The molecule has 0 saturated heterocycles. The van der Waals surface area contributed by atoms with Crippen LogP contribution in [0.25, 0.3) is 0 Å². The van der Waals surface area contributed by atoms with Crippen LogP contribution in [-0.2, 0) is 10.0 Å². The molecule has 1 atom stereocenters. The minimum atomic E-state index is -4.01. The summed E-state index contributed by atoms with van der Waals surface area (Å²) in [5.41, 5.74) is -1.64. The molecule has 4 nitrogen and oxygen atoms in total. The number of carbonyl (C=O) groups is 1. The van der Waals surface area contributed by atoms with Crippen LogP contribution in [0.2, 0.25) is 0 Å². The van der Waals surface area contributed by atoms with E-state index >= 15 is 0 Å². The molecule has 0 aromatic heterocycles. The van der Waals surface area contributed by atoms with E-state index < -0.39 is 27.3 Å².